The van der Waals surface area contributed by atoms with E-state index in [1.54, 1.807) is 0 Å². The average Bonchev–Trinajstić information content (AvgIpc) is 3.90. The number of rotatable bonds is 7. The van der Waals surface area contributed by atoms with E-state index in [0.29, 0.717) is 0 Å². The van der Waals surface area contributed by atoms with E-state index in [0.717, 1.165) is 26.7 Å². The first-order valence-electron chi connectivity index (χ1n) is 14.9. The van der Waals surface area contributed by atoms with Gasteiger partial charge in [0, 0.05) is 0 Å². The molecule has 0 radical (unpaired) electrons. The first-order valence-corrected chi connectivity index (χ1v) is 28.5. The molecule has 0 unspecified atom stereocenters. The zero-order chi connectivity index (χ0) is 29.2. The quantitative estimate of drug-likeness (QED) is 0.0875. The second-order valence-corrected chi connectivity index (χ2v) is 46.8. The van der Waals surface area contributed by atoms with Crippen LogP contribution in [-0.4, -0.2) is 12.3 Å². The van der Waals surface area contributed by atoms with Gasteiger partial charge in [-0.3, -0.25) is 0 Å². The van der Waals surface area contributed by atoms with E-state index in [1.165, 1.54) is 61.4 Å². The Bertz CT molecular complexity index is 1450. The fraction of sp³-hybridized carbons (Fsp3) is 0.194. The molecule has 6 aromatic rings. The van der Waals surface area contributed by atoms with Crippen LogP contribution in [-0.2, 0) is 17.1 Å². The van der Waals surface area contributed by atoms with Gasteiger partial charge in [0.25, 0.3) is 0 Å². The largest absolute Gasteiger partial charge is 6.00 e. The zero-order valence-corrected chi connectivity index (χ0v) is 32.4. The third kappa shape index (κ3) is 8.03. The summed E-state index contributed by atoms with van der Waals surface area (Å²) >= 11 is 0. The molecule has 7 heteroatoms. The third-order valence-corrected chi connectivity index (χ3v) is 68.0. The molecular formula is C36H42FeP6+8. The molecule has 43 heavy (non-hydrogen) atoms. The Balaban J connectivity index is 0.000000198. The molecule has 0 saturated carbocycles. The van der Waals surface area contributed by atoms with Gasteiger partial charge in [0.15, 0.2) is 26.7 Å². The van der Waals surface area contributed by atoms with Crippen molar-refractivity contribution in [3.63, 3.8) is 0 Å². The summed E-state index contributed by atoms with van der Waals surface area (Å²) in [6.45, 7) is 15.1. The second kappa shape index (κ2) is 15.0. The summed E-state index contributed by atoms with van der Waals surface area (Å²) in [5.41, 5.74) is 7.34. The minimum absolute atomic E-state index is 0. The van der Waals surface area contributed by atoms with Gasteiger partial charge in [-0.15, -0.1) is 0 Å². The van der Waals surface area contributed by atoms with Crippen molar-refractivity contribution < 1.29 is 17.1 Å². The van der Waals surface area contributed by atoms with Crippen molar-refractivity contribution in [3.8, 4) is 0 Å². The van der Waals surface area contributed by atoms with E-state index < -0.39 is 15.8 Å². The Hall–Kier alpha value is -1.06. The van der Waals surface area contributed by atoms with Crippen LogP contribution in [0.5, 0.6) is 0 Å². The second-order valence-electron chi connectivity index (χ2n) is 11.2. The molecule has 0 aliphatic carbocycles. The number of hydrogen-bond acceptors (Lipinski definition) is 0. The number of hydrogen-bond donors (Lipinski definition) is 0. The summed E-state index contributed by atoms with van der Waals surface area (Å²) in [5.74, 6) is 0. The predicted molar refractivity (Wildman–Crippen MR) is 205 cm³/mol. The maximum absolute atomic E-state index is 2.32. The van der Waals surface area contributed by atoms with Crippen LogP contribution in [0.1, 0.15) is 27.8 Å². The molecule has 0 spiro atoms. The van der Waals surface area contributed by atoms with Crippen LogP contribution < -0.4 is 21.2 Å². The molecule has 0 atom stereocenters. The van der Waals surface area contributed by atoms with Gasteiger partial charge in [0.1, 0.15) is 12.3 Å². The Morgan fingerprint density at radius 2 is 0.721 bits per heavy atom. The molecule has 0 saturated heterocycles. The van der Waals surface area contributed by atoms with Gasteiger partial charge in [-0.05, 0) is 48.5 Å². The summed E-state index contributed by atoms with van der Waals surface area (Å²) in [4.78, 5) is 0. The Kier molecular flexibility index (Phi) is 11.6. The van der Waals surface area contributed by atoms with Crippen molar-refractivity contribution in [1.82, 2.24) is 0 Å². The van der Waals surface area contributed by atoms with E-state index in [1.807, 2.05) is 0 Å². The first kappa shape index (κ1) is 33.3. The summed E-state index contributed by atoms with van der Waals surface area (Å²) in [7, 11) is -1.57. The summed E-state index contributed by atoms with van der Waals surface area (Å²) in [6, 6.07) is 44.5. The van der Waals surface area contributed by atoms with Crippen molar-refractivity contribution in [2.75, 3.05) is 12.3 Å². The normalized spacial score (nSPS) is 14.7. The molecule has 0 amide bonds. The number of benzene rings is 4. The fourth-order valence-corrected chi connectivity index (χ4v) is 82.2. The standard InChI is InChI=1S/C26H24P2.C10H15.Fe.P4/c1-5-13-23(14-6-1)27(24-15-7-2-8-16-24)21-22-28(25-17-9-3-10-18-25)26-19-11-4-12-20-26;1-6-7(2)9(4)10(5)8(6)3;;1-2-3(1)4(1)2/h1-20H,21-22H2;1-5H3;;/q;-1;+6;/p+3. The van der Waals surface area contributed by atoms with Crippen LogP contribution in [0.15, 0.2) is 121 Å². The Morgan fingerprint density at radius 3 is 0.884 bits per heavy atom. The monoisotopic (exact) mass is 716 g/mol. The van der Waals surface area contributed by atoms with Crippen LogP contribution in [0.3, 0.4) is 0 Å². The van der Waals surface area contributed by atoms with Crippen molar-refractivity contribution in [3.05, 3.63) is 149 Å². The van der Waals surface area contributed by atoms with E-state index >= 15 is 0 Å². The molecule has 0 bridgehead atoms. The van der Waals surface area contributed by atoms with E-state index in [4.69, 9.17) is 0 Å². The van der Waals surface area contributed by atoms with Crippen LogP contribution in [0.2, 0.25) is 0 Å². The van der Waals surface area contributed by atoms with Crippen molar-refractivity contribution in [2.45, 2.75) is 34.6 Å². The molecule has 5 aromatic carbocycles. The van der Waals surface area contributed by atoms with Gasteiger partial charge in [-0.25, -0.2) is 0 Å². The Labute approximate surface area is 275 Å². The molecule has 1 aromatic heterocycles. The summed E-state index contributed by atoms with van der Waals surface area (Å²) in [5, 5.41) is 6.06. The van der Waals surface area contributed by atoms with Crippen molar-refractivity contribution in [1.29, 1.82) is 0 Å². The third-order valence-electron chi connectivity index (χ3n) is 8.85. The molecule has 216 valence electrons. The molecule has 9 rings (SSSR count). The Morgan fingerprint density at radius 1 is 0.488 bits per heavy atom. The molecule has 3 aliphatic heterocycles. The van der Waals surface area contributed by atoms with Crippen LogP contribution in [0.25, 0.3) is 0 Å². The molecule has 0 N–H and O–H groups in total. The SMILES string of the molecule is Cc1c(C)c(C)[c-](C)c1C.[Fe+6].c1ccc([PH+](CC[PH+](c2ccccc2)c2ccccc2)c2ccccc2)cc1.p12p3p1[PH+]23. The average molecular weight is 716 g/mol. The van der Waals surface area contributed by atoms with Crippen LogP contribution in [0.4, 0.5) is 0 Å². The van der Waals surface area contributed by atoms with Crippen LogP contribution in [0, 0.1) is 34.6 Å². The van der Waals surface area contributed by atoms with E-state index in [2.05, 4.69) is 156 Å². The van der Waals surface area contributed by atoms with Gasteiger partial charge in [-0.2, -0.15) is 27.8 Å². The van der Waals surface area contributed by atoms with Gasteiger partial charge >= 0.3 is 17.1 Å². The van der Waals surface area contributed by atoms with Crippen molar-refractivity contribution >= 4 is 63.8 Å². The van der Waals surface area contributed by atoms with E-state index in [9.17, 15) is 0 Å². The molecule has 0 nitrogen and oxygen atoms in total. The fourth-order valence-electron chi connectivity index (χ4n) is 5.51. The predicted octanol–water partition coefficient (Wildman–Crippen LogP) is 10.8. The van der Waals surface area contributed by atoms with Gasteiger partial charge in [0.05, 0.1) is 37.1 Å². The van der Waals surface area contributed by atoms with Crippen LogP contribution >= 0.6 is 42.6 Å². The minimum Gasteiger partial charge on any atom is -0.196 e. The summed E-state index contributed by atoms with van der Waals surface area (Å²) < 4.78 is 0. The van der Waals surface area contributed by atoms with Gasteiger partial charge in [0.2, 0.25) is 0 Å². The van der Waals surface area contributed by atoms with Gasteiger partial charge in [-0.1, -0.05) is 107 Å². The maximum atomic E-state index is 2.32. The van der Waals surface area contributed by atoms with Crippen molar-refractivity contribution in [2.24, 2.45) is 0 Å². The van der Waals surface area contributed by atoms with Gasteiger partial charge < -0.3 is 0 Å². The molecule has 4 heterocycles. The zero-order valence-electron chi connectivity index (χ0n) is 25.7. The maximum Gasteiger partial charge on any atom is 6.00 e. The smallest absolute Gasteiger partial charge is 0.196 e. The minimum atomic E-state index is -0.783. The van der Waals surface area contributed by atoms with E-state index in [-0.39, 0.29) is 17.1 Å². The summed E-state index contributed by atoms with van der Waals surface area (Å²) in [6.07, 6.45) is 2.52. The topological polar surface area (TPSA) is 0 Å². The first-order chi connectivity index (χ1) is 20.5. The molecular weight excluding hydrogens is 674 g/mol. The molecule has 3 aliphatic rings. The molecule has 0 fully saturated rings.